The summed E-state index contributed by atoms with van der Waals surface area (Å²) >= 11 is 6.25. The van der Waals surface area contributed by atoms with Gasteiger partial charge in [0.15, 0.2) is 0 Å². The normalized spacial score (nSPS) is 22.3. The van der Waals surface area contributed by atoms with Crippen molar-refractivity contribution in [2.75, 3.05) is 0 Å². The Kier molecular flexibility index (Phi) is 4.79. The Hall–Kier alpha value is -1.67. The van der Waals surface area contributed by atoms with E-state index in [1.807, 2.05) is 13.0 Å². The fourth-order valence-electron chi connectivity index (χ4n) is 2.81. The smallest absolute Gasteiger partial charge is 0.124 e. The van der Waals surface area contributed by atoms with Crippen LogP contribution >= 0.6 is 11.6 Å². The van der Waals surface area contributed by atoms with Gasteiger partial charge >= 0.3 is 0 Å². The minimum atomic E-state index is -0.0215. The quantitative estimate of drug-likeness (QED) is 0.586. The fraction of sp³-hybridized carbons (Fsp3) is 0.333. The molecule has 0 aliphatic heterocycles. The lowest BCUT2D eigenvalue weighted by Gasteiger charge is -2.29. The molecular weight excluding hydrogens is 284 g/mol. The second-order valence-electron chi connectivity index (χ2n) is 5.81. The molecule has 0 radical (unpaired) electrons. The third-order valence-corrected chi connectivity index (χ3v) is 4.16. The minimum Gasteiger partial charge on any atom is -0.508 e. The lowest BCUT2D eigenvalue weighted by Crippen LogP contribution is -2.14. The Balaban J connectivity index is 2.46. The average Bonchev–Trinajstić information content (AvgIpc) is 2.36. The molecule has 2 atom stereocenters. The van der Waals surface area contributed by atoms with Gasteiger partial charge in [0, 0.05) is 17.5 Å². The molecular formula is C18H21ClO2. The van der Waals surface area contributed by atoms with Crippen LogP contribution in [0.4, 0.5) is 0 Å². The summed E-state index contributed by atoms with van der Waals surface area (Å²) in [5.74, 6) is 0.303. The zero-order valence-corrected chi connectivity index (χ0v) is 13.2. The third-order valence-electron chi connectivity index (χ3n) is 3.85. The summed E-state index contributed by atoms with van der Waals surface area (Å²) in [5.41, 5.74) is 2.98. The molecule has 1 aromatic rings. The molecule has 0 fully saturated rings. The van der Waals surface area contributed by atoms with E-state index in [1.54, 1.807) is 0 Å². The zero-order chi connectivity index (χ0) is 15.6. The third kappa shape index (κ3) is 3.70. The highest BCUT2D eigenvalue weighted by Crippen LogP contribution is 2.44. The maximum Gasteiger partial charge on any atom is 0.124 e. The average molecular weight is 305 g/mol. The minimum absolute atomic E-state index is 0.0162. The molecule has 112 valence electrons. The summed E-state index contributed by atoms with van der Waals surface area (Å²) in [5, 5.41) is 20.1. The van der Waals surface area contributed by atoms with Crippen LogP contribution in [0, 0.1) is 5.92 Å². The summed E-state index contributed by atoms with van der Waals surface area (Å²) < 4.78 is 0. The summed E-state index contributed by atoms with van der Waals surface area (Å²) in [6.45, 7) is 7.94. The number of benzene rings is 1. The van der Waals surface area contributed by atoms with Gasteiger partial charge < -0.3 is 10.2 Å². The number of phenols is 2. The van der Waals surface area contributed by atoms with Crippen LogP contribution in [0.1, 0.15) is 38.2 Å². The second-order valence-corrected chi connectivity index (χ2v) is 6.21. The molecule has 2 nitrogen and oxygen atoms in total. The van der Waals surface area contributed by atoms with E-state index in [9.17, 15) is 10.2 Å². The van der Waals surface area contributed by atoms with Crippen LogP contribution in [0.2, 0.25) is 5.02 Å². The maximum atomic E-state index is 10.2. The summed E-state index contributed by atoms with van der Waals surface area (Å²) in [7, 11) is 0. The molecule has 0 aromatic heterocycles. The van der Waals surface area contributed by atoms with Gasteiger partial charge in [-0.25, -0.2) is 0 Å². The van der Waals surface area contributed by atoms with Crippen LogP contribution in [-0.2, 0) is 0 Å². The van der Waals surface area contributed by atoms with Crippen LogP contribution in [0.3, 0.4) is 0 Å². The van der Waals surface area contributed by atoms with Crippen molar-refractivity contribution in [3.8, 4) is 11.5 Å². The van der Waals surface area contributed by atoms with Crippen molar-refractivity contribution >= 4 is 11.6 Å². The Morgan fingerprint density at radius 1 is 1.38 bits per heavy atom. The molecule has 0 bridgehead atoms. The van der Waals surface area contributed by atoms with Crippen LogP contribution < -0.4 is 0 Å². The van der Waals surface area contributed by atoms with Crippen molar-refractivity contribution < 1.29 is 10.2 Å². The molecule has 0 heterocycles. The predicted octanol–water partition coefficient (Wildman–Crippen LogP) is 5.32. The highest BCUT2D eigenvalue weighted by molar-refractivity contribution is 6.31. The van der Waals surface area contributed by atoms with Gasteiger partial charge in [-0.05, 0) is 38.7 Å². The highest BCUT2D eigenvalue weighted by atomic mass is 35.5. The molecule has 0 spiro atoms. The van der Waals surface area contributed by atoms with E-state index in [4.69, 9.17) is 11.6 Å². The van der Waals surface area contributed by atoms with Crippen LogP contribution in [0.5, 0.6) is 11.5 Å². The molecule has 3 heteroatoms. The van der Waals surface area contributed by atoms with Gasteiger partial charge in [0.05, 0.1) is 5.02 Å². The molecule has 2 rings (SSSR count). The number of hydrogen-bond acceptors (Lipinski definition) is 2. The van der Waals surface area contributed by atoms with Gasteiger partial charge in [0.2, 0.25) is 0 Å². The SMILES string of the molecule is C=C(C)C=CC1CCC(C)=CC1c1c(O)cc(O)cc1Cl. The van der Waals surface area contributed by atoms with Crippen LogP contribution in [0.15, 0.2) is 48.1 Å². The number of hydrogen-bond donors (Lipinski definition) is 2. The number of halogens is 1. The predicted molar refractivity (Wildman–Crippen MR) is 88.0 cm³/mol. The van der Waals surface area contributed by atoms with Crippen molar-refractivity contribution in [1.82, 2.24) is 0 Å². The van der Waals surface area contributed by atoms with Crippen molar-refractivity contribution in [3.05, 3.63) is 58.7 Å². The second kappa shape index (κ2) is 6.40. The van der Waals surface area contributed by atoms with Gasteiger partial charge in [-0.1, -0.05) is 47.6 Å². The summed E-state index contributed by atoms with van der Waals surface area (Å²) in [6.07, 6.45) is 8.36. The van der Waals surface area contributed by atoms with E-state index in [1.165, 1.54) is 17.7 Å². The molecule has 2 unspecified atom stereocenters. The Labute approximate surface area is 131 Å². The van der Waals surface area contributed by atoms with Gasteiger partial charge in [0.25, 0.3) is 0 Å². The van der Waals surface area contributed by atoms with Crippen LogP contribution in [0.25, 0.3) is 0 Å². The number of phenolic OH excluding ortho intramolecular Hbond substituents is 2. The highest BCUT2D eigenvalue weighted by Gasteiger charge is 2.27. The van der Waals surface area contributed by atoms with E-state index < -0.39 is 0 Å². The first-order valence-corrected chi connectivity index (χ1v) is 7.48. The summed E-state index contributed by atoms with van der Waals surface area (Å²) in [4.78, 5) is 0. The van der Waals surface area contributed by atoms with Gasteiger partial charge in [-0.3, -0.25) is 0 Å². The molecule has 0 saturated heterocycles. The topological polar surface area (TPSA) is 40.5 Å². The number of aromatic hydroxyl groups is 2. The zero-order valence-electron chi connectivity index (χ0n) is 12.4. The maximum absolute atomic E-state index is 10.2. The van der Waals surface area contributed by atoms with E-state index in [-0.39, 0.29) is 23.3 Å². The molecule has 1 aliphatic rings. The lowest BCUT2D eigenvalue weighted by atomic mass is 9.76. The molecule has 2 N–H and O–H groups in total. The van der Waals surface area contributed by atoms with Gasteiger partial charge in [0.1, 0.15) is 11.5 Å². The van der Waals surface area contributed by atoms with Crippen LogP contribution in [-0.4, -0.2) is 10.2 Å². The van der Waals surface area contributed by atoms with Crippen molar-refractivity contribution in [2.45, 2.75) is 32.6 Å². The Morgan fingerprint density at radius 2 is 2.10 bits per heavy atom. The lowest BCUT2D eigenvalue weighted by molar-refractivity contribution is 0.431. The van der Waals surface area contributed by atoms with Crippen molar-refractivity contribution in [2.24, 2.45) is 5.92 Å². The standard InChI is InChI=1S/C18H21ClO2/c1-11(2)4-6-13-7-5-12(3)8-15(13)18-16(19)9-14(20)10-17(18)21/h4,6,8-10,13,15,20-21H,1,5,7H2,2-3H3. The first-order chi connectivity index (χ1) is 9.88. The van der Waals surface area contributed by atoms with Gasteiger partial charge in [-0.15, -0.1) is 0 Å². The largest absolute Gasteiger partial charge is 0.508 e. The molecule has 1 aliphatic carbocycles. The fourth-order valence-corrected chi connectivity index (χ4v) is 3.14. The molecule has 1 aromatic carbocycles. The summed E-state index contributed by atoms with van der Waals surface area (Å²) in [6, 6.07) is 2.83. The first-order valence-electron chi connectivity index (χ1n) is 7.11. The van der Waals surface area contributed by atoms with Crippen molar-refractivity contribution in [3.63, 3.8) is 0 Å². The van der Waals surface area contributed by atoms with E-state index >= 15 is 0 Å². The van der Waals surface area contributed by atoms with Crippen molar-refractivity contribution in [1.29, 1.82) is 0 Å². The first kappa shape index (κ1) is 15.7. The molecule has 0 amide bonds. The van der Waals surface area contributed by atoms with E-state index in [0.29, 0.717) is 10.6 Å². The Bertz CT molecular complexity index is 591. The monoisotopic (exact) mass is 304 g/mol. The van der Waals surface area contributed by atoms with E-state index in [0.717, 1.165) is 18.4 Å². The Morgan fingerprint density at radius 3 is 2.71 bits per heavy atom. The number of allylic oxidation sites excluding steroid dienone is 5. The number of rotatable bonds is 3. The molecule has 21 heavy (non-hydrogen) atoms. The van der Waals surface area contributed by atoms with E-state index in [2.05, 4.69) is 25.7 Å². The molecule has 0 saturated carbocycles. The van der Waals surface area contributed by atoms with Gasteiger partial charge in [-0.2, -0.15) is 0 Å².